The number of fused-ring (bicyclic) bond motifs is 15. The molecule has 10 aromatic carbocycles. The Labute approximate surface area is 399 Å². The second kappa shape index (κ2) is 14.1. The molecule has 4 heterocycles. The van der Waals surface area contributed by atoms with E-state index < -0.39 is 0 Å². The largest absolute Gasteiger partial charge is 0.456 e. The fourth-order valence-electron chi connectivity index (χ4n) is 12.3. The maximum Gasteiger partial charge on any atom is 0.252 e. The molecule has 0 amide bonds. The molecule has 5 nitrogen and oxygen atoms in total. The van der Waals surface area contributed by atoms with Gasteiger partial charge in [0, 0.05) is 50.2 Å². The lowest BCUT2D eigenvalue weighted by atomic mass is 9.33. The summed E-state index contributed by atoms with van der Waals surface area (Å²) in [7, 11) is 0. The van der Waals surface area contributed by atoms with Crippen molar-refractivity contribution in [1.29, 1.82) is 0 Å². The topological polar surface area (TPSA) is 36.0 Å². The quantitative estimate of drug-likeness (QED) is 0.161. The van der Waals surface area contributed by atoms with E-state index in [1.165, 1.54) is 38.6 Å². The molecule has 3 aliphatic rings. The molecule has 69 heavy (non-hydrogen) atoms. The zero-order valence-corrected chi connectivity index (χ0v) is 38.0. The highest BCUT2D eigenvalue weighted by molar-refractivity contribution is 7.01. The maximum absolute atomic E-state index is 6.75. The molecule has 0 fully saturated rings. The second-order valence-corrected chi connectivity index (χ2v) is 19.2. The van der Waals surface area contributed by atoms with Gasteiger partial charge in [-0.05, 0) is 112 Å². The number of hydrogen-bond donors (Lipinski definition) is 0. The van der Waals surface area contributed by atoms with E-state index in [-0.39, 0.29) is 12.1 Å². The first-order chi connectivity index (χ1) is 34.0. The van der Waals surface area contributed by atoms with E-state index in [0.29, 0.717) is 0 Å². The van der Waals surface area contributed by atoms with E-state index in [1.807, 2.05) is 0 Å². The first-order valence-electron chi connectivity index (χ1n) is 23.9. The van der Waals surface area contributed by atoms with Gasteiger partial charge < -0.3 is 23.5 Å². The lowest BCUT2D eigenvalue weighted by Gasteiger charge is -2.45. The highest BCUT2D eigenvalue weighted by Gasteiger charge is 2.46. The SMILES string of the molecule is CC1(C)c2ccccc2-c2c(N(c3ccccc3)c3cc4c5c(c3)N(c3ccccc3)c3c(ccc6oc7ccccc7c36)B5c3ccc5oc6ccccc6c5c3N4c3ccccc3)cccc21. The molecule has 2 aliphatic heterocycles. The third-order valence-electron chi connectivity index (χ3n) is 15.2. The minimum absolute atomic E-state index is 0.149. The van der Waals surface area contributed by atoms with Gasteiger partial charge in [0.2, 0.25) is 0 Å². The van der Waals surface area contributed by atoms with Crippen molar-refractivity contribution in [3.05, 3.63) is 230 Å². The van der Waals surface area contributed by atoms with Crippen molar-refractivity contribution in [2.75, 3.05) is 14.7 Å². The Bertz CT molecular complexity index is 3900. The second-order valence-electron chi connectivity index (χ2n) is 19.2. The van der Waals surface area contributed by atoms with E-state index in [9.17, 15) is 0 Å². The van der Waals surface area contributed by atoms with Crippen molar-refractivity contribution in [3.8, 4) is 11.1 Å². The van der Waals surface area contributed by atoms with Crippen LogP contribution in [0.3, 0.4) is 0 Å². The minimum Gasteiger partial charge on any atom is -0.456 e. The molecule has 0 radical (unpaired) electrons. The van der Waals surface area contributed by atoms with Crippen LogP contribution in [0.1, 0.15) is 25.0 Å². The predicted octanol–water partition coefficient (Wildman–Crippen LogP) is 15.3. The zero-order chi connectivity index (χ0) is 45.5. The predicted molar refractivity (Wildman–Crippen MR) is 287 cm³/mol. The van der Waals surface area contributed by atoms with Gasteiger partial charge >= 0.3 is 0 Å². The first kappa shape index (κ1) is 38.4. The molecule has 0 saturated carbocycles. The third kappa shape index (κ3) is 5.26. The normalized spacial score (nSPS) is 14.0. The van der Waals surface area contributed by atoms with Crippen molar-refractivity contribution < 1.29 is 8.83 Å². The van der Waals surface area contributed by atoms with Crippen molar-refractivity contribution >= 4 is 118 Å². The van der Waals surface area contributed by atoms with Crippen molar-refractivity contribution in [1.82, 2.24) is 0 Å². The Morgan fingerprint density at radius 3 is 1.51 bits per heavy atom. The van der Waals surface area contributed by atoms with E-state index in [4.69, 9.17) is 8.83 Å². The van der Waals surface area contributed by atoms with Crippen molar-refractivity contribution in [2.24, 2.45) is 0 Å². The third-order valence-corrected chi connectivity index (χ3v) is 15.2. The molecule has 2 aromatic heterocycles. The summed E-state index contributed by atoms with van der Waals surface area (Å²) >= 11 is 0. The molecule has 324 valence electrons. The molecule has 0 unspecified atom stereocenters. The van der Waals surface area contributed by atoms with Gasteiger partial charge in [-0.3, -0.25) is 0 Å². The highest BCUT2D eigenvalue weighted by Crippen LogP contribution is 2.56. The average Bonchev–Trinajstić information content (AvgIpc) is 4.05. The molecule has 1 aliphatic carbocycles. The Morgan fingerprint density at radius 1 is 0.435 bits per heavy atom. The van der Waals surface area contributed by atoms with Crippen LogP contribution in [0.15, 0.2) is 227 Å². The summed E-state index contributed by atoms with van der Waals surface area (Å²) in [5.74, 6) is 0. The van der Waals surface area contributed by atoms with Crippen LogP contribution in [0.4, 0.5) is 51.2 Å². The zero-order valence-electron chi connectivity index (χ0n) is 38.0. The highest BCUT2D eigenvalue weighted by atomic mass is 16.3. The van der Waals surface area contributed by atoms with Crippen LogP contribution < -0.4 is 31.1 Å². The molecule has 15 rings (SSSR count). The Kier molecular flexibility index (Phi) is 7.87. The lowest BCUT2D eigenvalue weighted by molar-refractivity contribution is 0.660. The van der Waals surface area contributed by atoms with Gasteiger partial charge in [0.05, 0.1) is 33.5 Å². The minimum atomic E-state index is -0.182. The fourth-order valence-corrected chi connectivity index (χ4v) is 12.3. The van der Waals surface area contributed by atoms with Crippen LogP contribution >= 0.6 is 0 Å². The number of rotatable bonds is 5. The van der Waals surface area contributed by atoms with E-state index in [2.05, 4.69) is 247 Å². The standard InChI is InChI=1S/C63H42BN3O2/c1-63(2)46-28-15-12-25-43(46)57-47(63)29-18-30-50(57)65(39-19-6-3-7-20-39)42-37-51-60-52(38-42)67(41-23-10-5-11-24-41)62-49(34-36-56-59(62)45-27-14-17-32-54(45)69-56)64(60)48-33-35-55-58(44-26-13-16-31-53(44)68-55)61(48)66(51)40-21-8-4-9-22-40/h3-38H,1-2H3. The van der Waals surface area contributed by atoms with Crippen LogP contribution in [0, 0.1) is 0 Å². The smallest absolute Gasteiger partial charge is 0.252 e. The number of benzene rings is 10. The van der Waals surface area contributed by atoms with Gasteiger partial charge in [-0.2, -0.15) is 0 Å². The Hall–Kier alpha value is -8.74. The summed E-state index contributed by atoms with van der Waals surface area (Å²) in [6, 6.07) is 79.5. The summed E-state index contributed by atoms with van der Waals surface area (Å²) in [6.07, 6.45) is 0. The molecular weight excluding hydrogens is 842 g/mol. The number of nitrogens with zero attached hydrogens (tertiary/aromatic N) is 3. The van der Waals surface area contributed by atoms with Crippen molar-refractivity contribution in [2.45, 2.75) is 19.3 Å². The van der Waals surface area contributed by atoms with Crippen LogP contribution in [0.2, 0.25) is 0 Å². The maximum atomic E-state index is 6.75. The van der Waals surface area contributed by atoms with E-state index >= 15 is 0 Å². The van der Waals surface area contributed by atoms with Gasteiger partial charge in [-0.15, -0.1) is 0 Å². The van der Waals surface area contributed by atoms with Gasteiger partial charge in [-0.1, -0.05) is 153 Å². The van der Waals surface area contributed by atoms with Gasteiger partial charge in [0.25, 0.3) is 6.71 Å². The number of para-hydroxylation sites is 5. The molecule has 0 spiro atoms. The Morgan fingerprint density at radius 2 is 0.928 bits per heavy atom. The first-order valence-corrected chi connectivity index (χ1v) is 23.9. The molecule has 0 bridgehead atoms. The molecule has 12 aromatic rings. The van der Waals surface area contributed by atoms with E-state index in [1.54, 1.807) is 0 Å². The summed E-state index contributed by atoms with van der Waals surface area (Å²) in [5.41, 5.74) is 22.1. The summed E-state index contributed by atoms with van der Waals surface area (Å²) in [6.45, 7) is 4.58. The molecule has 0 N–H and O–H groups in total. The molecule has 0 saturated heterocycles. The summed E-state index contributed by atoms with van der Waals surface area (Å²) in [4.78, 5) is 7.55. The number of furan rings is 2. The molecule has 0 atom stereocenters. The summed E-state index contributed by atoms with van der Waals surface area (Å²) in [5, 5.41) is 4.39. The number of anilines is 9. The summed E-state index contributed by atoms with van der Waals surface area (Å²) < 4.78 is 13.5. The molecular formula is C63H42BN3O2. The van der Waals surface area contributed by atoms with Crippen LogP contribution in [-0.4, -0.2) is 6.71 Å². The van der Waals surface area contributed by atoms with Crippen LogP contribution in [0.5, 0.6) is 0 Å². The molecule has 6 heteroatoms. The van der Waals surface area contributed by atoms with E-state index in [0.717, 1.165) is 95.1 Å². The Balaban J connectivity index is 1.13. The lowest BCUT2D eigenvalue weighted by Crippen LogP contribution is -2.61. The average molecular weight is 884 g/mol. The van der Waals surface area contributed by atoms with Crippen molar-refractivity contribution in [3.63, 3.8) is 0 Å². The van der Waals surface area contributed by atoms with Gasteiger partial charge in [-0.25, -0.2) is 0 Å². The monoisotopic (exact) mass is 883 g/mol. The van der Waals surface area contributed by atoms with Crippen LogP contribution in [-0.2, 0) is 5.41 Å². The fraction of sp³-hybridized carbons (Fsp3) is 0.0476. The van der Waals surface area contributed by atoms with Gasteiger partial charge in [0.15, 0.2) is 0 Å². The number of hydrogen-bond acceptors (Lipinski definition) is 5. The van der Waals surface area contributed by atoms with Crippen LogP contribution in [0.25, 0.3) is 55.0 Å². The van der Waals surface area contributed by atoms with Gasteiger partial charge in [0.1, 0.15) is 22.3 Å².